The number of nitrogens with one attached hydrogen (secondary N) is 1. The van der Waals surface area contributed by atoms with Crippen LogP contribution >= 0.6 is 0 Å². The summed E-state index contributed by atoms with van der Waals surface area (Å²) in [5.41, 5.74) is -0.762. The molecule has 0 amide bonds. The second kappa shape index (κ2) is 8.01. The van der Waals surface area contributed by atoms with Crippen LogP contribution in [-0.4, -0.2) is 33.1 Å². The lowest BCUT2D eigenvalue weighted by molar-refractivity contribution is -0.387. The highest BCUT2D eigenvalue weighted by Gasteiger charge is 2.20. The molecule has 0 radical (unpaired) electrons. The van der Waals surface area contributed by atoms with Crippen LogP contribution in [0.25, 0.3) is 0 Å². The molecule has 0 aliphatic rings. The lowest BCUT2D eigenvalue weighted by Gasteiger charge is -2.07. The molecule has 9 heteroatoms. The number of nitrogens with zero attached hydrogens (tertiary/aromatic N) is 1. The molecule has 0 heterocycles. The second-order valence-corrected chi connectivity index (χ2v) is 6.00. The molecule has 0 atom stereocenters. The van der Waals surface area contributed by atoms with E-state index in [1.165, 1.54) is 0 Å². The van der Waals surface area contributed by atoms with E-state index in [9.17, 15) is 22.9 Å². The lowest BCUT2D eigenvalue weighted by Crippen LogP contribution is -2.25. The number of sulfonamides is 1. The Hall–Kier alpha value is -1.58. The van der Waals surface area contributed by atoms with E-state index in [4.69, 9.17) is 4.74 Å². The third kappa shape index (κ3) is 5.37. The summed E-state index contributed by atoms with van der Waals surface area (Å²) in [7, 11) is -3.89. The summed E-state index contributed by atoms with van der Waals surface area (Å²) in [5, 5.41) is 10.5. The summed E-state index contributed by atoms with van der Waals surface area (Å²) in [6, 6.07) is 2.46. The Labute approximate surface area is 122 Å². The van der Waals surface area contributed by atoms with E-state index in [-0.39, 0.29) is 11.4 Å². The maximum Gasteiger partial charge on any atom is 0.304 e. The molecule has 0 bridgehead atoms. The molecular weight excluding hydrogens is 303 g/mol. The Bertz CT molecular complexity index is 591. The maximum atomic E-state index is 13.4. The Morgan fingerprint density at radius 1 is 1.38 bits per heavy atom. The van der Waals surface area contributed by atoms with Gasteiger partial charge in [-0.2, -0.15) is 4.39 Å². The van der Waals surface area contributed by atoms with Crippen LogP contribution in [0.4, 0.5) is 10.1 Å². The maximum absolute atomic E-state index is 13.4. The molecule has 1 rings (SSSR count). The van der Waals surface area contributed by atoms with Crippen LogP contribution in [0.1, 0.15) is 19.8 Å². The molecule has 0 aliphatic carbocycles. The number of benzene rings is 1. The van der Waals surface area contributed by atoms with Gasteiger partial charge in [0.1, 0.15) is 0 Å². The van der Waals surface area contributed by atoms with E-state index in [0.29, 0.717) is 25.7 Å². The van der Waals surface area contributed by atoms with Crippen molar-refractivity contribution in [3.05, 3.63) is 34.1 Å². The van der Waals surface area contributed by atoms with E-state index in [2.05, 4.69) is 4.72 Å². The quantitative estimate of drug-likeness (QED) is 0.425. The Morgan fingerprint density at radius 2 is 2.10 bits per heavy atom. The van der Waals surface area contributed by atoms with Crippen molar-refractivity contribution in [3.63, 3.8) is 0 Å². The summed E-state index contributed by atoms with van der Waals surface area (Å²) in [6.07, 6.45) is 1.36. The highest BCUT2D eigenvalue weighted by Crippen LogP contribution is 2.20. The van der Waals surface area contributed by atoms with Crippen LogP contribution < -0.4 is 4.72 Å². The van der Waals surface area contributed by atoms with Gasteiger partial charge in [-0.3, -0.25) is 10.1 Å². The molecule has 0 saturated heterocycles. The molecule has 21 heavy (non-hydrogen) atoms. The van der Waals surface area contributed by atoms with Gasteiger partial charge in [0.15, 0.2) is 0 Å². The minimum Gasteiger partial charge on any atom is -0.381 e. The van der Waals surface area contributed by atoms with Crippen molar-refractivity contribution in [2.45, 2.75) is 24.7 Å². The monoisotopic (exact) mass is 320 g/mol. The van der Waals surface area contributed by atoms with Crippen LogP contribution in [-0.2, 0) is 14.8 Å². The smallest absolute Gasteiger partial charge is 0.304 e. The first-order valence-electron chi connectivity index (χ1n) is 6.40. The first kappa shape index (κ1) is 17.5. The zero-order valence-electron chi connectivity index (χ0n) is 11.5. The molecule has 0 fully saturated rings. The summed E-state index contributed by atoms with van der Waals surface area (Å²) in [5.74, 6) is -1.19. The van der Waals surface area contributed by atoms with Gasteiger partial charge >= 0.3 is 5.69 Å². The first-order chi connectivity index (χ1) is 9.88. The fraction of sp³-hybridized carbons (Fsp3) is 0.500. The number of hydrogen-bond donors (Lipinski definition) is 1. The molecule has 0 unspecified atom stereocenters. The number of rotatable bonds is 9. The molecule has 0 spiro atoms. The lowest BCUT2D eigenvalue weighted by atomic mass is 10.3. The predicted octanol–water partition coefficient (Wildman–Crippen LogP) is 1.83. The SMILES string of the molecule is CCCOCCCNS(=O)(=O)c1ccc([N+](=O)[O-])c(F)c1. The van der Waals surface area contributed by atoms with Crippen LogP contribution in [0.2, 0.25) is 0 Å². The average Bonchev–Trinajstić information content (AvgIpc) is 2.42. The van der Waals surface area contributed by atoms with E-state index in [1.807, 2.05) is 6.92 Å². The van der Waals surface area contributed by atoms with Crippen molar-refractivity contribution in [1.82, 2.24) is 4.72 Å². The molecular formula is C12H17FN2O5S. The van der Waals surface area contributed by atoms with Crippen LogP contribution in [0.3, 0.4) is 0 Å². The van der Waals surface area contributed by atoms with Crippen molar-refractivity contribution >= 4 is 15.7 Å². The van der Waals surface area contributed by atoms with Crippen molar-refractivity contribution in [1.29, 1.82) is 0 Å². The fourth-order valence-corrected chi connectivity index (χ4v) is 2.60. The van der Waals surface area contributed by atoms with E-state index in [0.717, 1.165) is 18.6 Å². The molecule has 118 valence electrons. The minimum absolute atomic E-state index is 0.144. The molecule has 7 nitrogen and oxygen atoms in total. The number of nitro benzene ring substituents is 1. The highest BCUT2D eigenvalue weighted by molar-refractivity contribution is 7.89. The van der Waals surface area contributed by atoms with Gasteiger partial charge in [-0.1, -0.05) is 6.92 Å². The van der Waals surface area contributed by atoms with Crippen molar-refractivity contribution in [2.75, 3.05) is 19.8 Å². The van der Waals surface area contributed by atoms with Crippen molar-refractivity contribution in [3.8, 4) is 0 Å². The van der Waals surface area contributed by atoms with Crippen LogP contribution in [0, 0.1) is 15.9 Å². The van der Waals surface area contributed by atoms with Crippen molar-refractivity contribution < 1.29 is 22.5 Å². The molecule has 1 N–H and O–H groups in total. The average molecular weight is 320 g/mol. The van der Waals surface area contributed by atoms with Crippen molar-refractivity contribution in [2.24, 2.45) is 0 Å². The summed E-state index contributed by atoms with van der Waals surface area (Å²) in [4.78, 5) is 9.21. The summed E-state index contributed by atoms with van der Waals surface area (Å²) in [6.45, 7) is 3.14. The standard InChI is InChI=1S/C12H17FN2O5S/c1-2-7-20-8-3-6-14-21(18,19)10-4-5-12(15(16)17)11(13)9-10/h4-5,9,14H,2-3,6-8H2,1H3. The van der Waals surface area contributed by atoms with Gasteiger partial charge in [0.05, 0.1) is 9.82 Å². The molecule has 0 saturated carbocycles. The fourth-order valence-electron chi connectivity index (χ4n) is 1.51. The Morgan fingerprint density at radius 3 is 2.67 bits per heavy atom. The third-order valence-corrected chi connectivity index (χ3v) is 3.99. The van der Waals surface area contributed by atoms with Gasteiger partial charge in [0, 0.05) is 31.9 Å². The van der Waals surface area contributed by atoms with Gasteiger partial charge in [-0.15, -0.1) is 0 Å². The number of nitro groups is 1. The Kier molecular flexibility index (Phi) is 6.66. The summed E-state index contributed by atoms with van der Waals surface area (Å²) >= 11 is 0. The molecule has 1 aromatic rings. The molecule has 0 aromatic heterocycles. The van der Waals surface area contributed by atoms with Gasteiger partial charge in [0.2, 0.25) is 15.8 Å². The number of hydrogen-bond acceptors (Lipinski definition) is 5. The van der Waals surface area contributed by atoms with E-state index >= 15 is 0 Å². The first-order valence-corrected chi connectivity index (χ1v) is 7.88. The predicted molar refractivity (Wildman–Crippen MR) is 74.0 cm³/mol. The topological polar surface area (TPSA) is 98.5 Å². The largest absolute Gasteiger partial charge is 0.381 e. The summed E-state index contributed by atoms with van der Waals surface area (Å²) < 4.78 is 44.6. The second-order valence-electron chi connectivity index (χ2n) is 4.23. The van der Waals surface area contributed by atoms with Crippen LogP contribution in [0.15, 0.2) is 23.1 Å². The minimum atomic E-state index is -3.89. The zero-order valence-corrected chi connectivity index (χ0v) is 12.4. The molecule has 0 aliphatic heterocycles. The van der Waals surface area contributed by atoms with Gasteiger partial charge in [0.25, 0.3) is 0 Å². The number of ether oxygens (including phenoxy) is 1. The van der Waals surface area contributed by atoms with Crippen LogP contribution in [0.5, 0.6) is 0 Å². The molecule has 1 aromatic carbocycles. The van der Waals surface area contributed by atoms with Gasteiger partial charge in [-0.05, 0) is 18.9 Å². The highest BCUT2D eigenvalue weighted by atomic mass is 32.2. The van der Waals surface area contributed by atoms with Gasteiger partial charge in [-0.25, -0.2) is 13.1 Å². The normalized spacial score (nSPS) is 11.5. The zero-order chi connectivity index (χ0) is 15.9. The third-order valence-electron chi connectivity index (χ3n) is 2.53. The van der Waals surface area contributed by atoms with E-state index < -0.39 is 26.5 Å². The van der Waals surface area contributed by atoms with Gasteiger partial charge < -0.3 is 4.74 Å². The Balaban J connectivity index is 2.62. The number of halogens is 1. The van der Waals surface area contributed by atoms with E-state index in [1.54, 1.807) is 0 Å².